The molecule has 1 unspecified atom stereocenters. The molecule has 6 heteroatoms. The maximum Gasteiger partial charge on any atom is 0.305 e. The molecule has 0 bridgehead atoms. The van der Waals surface area contributed by atoms with Crippen LogP contribution in [0.3, 0.4) is 0 Å². The molecule has 104 valence electrons. The third-order valence-corrected chi connectivity index (χ3v) is 3.36. The van der Waals surface area contributed by atoms with E-state index in [1.54, 1.807) is 6.08 Å². The standard InChI is InChI=1S/C13H18N2O3S/c1-8(2)11(6-13(17)18)15-12(16)5-4-10-7-19-9(3)14-10/h4-5,7-8,11H,6H2,1-3H3,(H,15,16)(H,17,18)/b5-4+. The van der Waals surface area contributed by atoms with Crippen molar-refractivity contribution in [3.63, 3.8) is 0 Å². The summed E-state index contributed by atoms with van der Waals surface area (Å²) in [7, 11) is 0. The van der Waals surface area contributed by atoms with Crippen LogP contribution in [0.1, 0.15) is 31.0 Å². The first-order valence-electron chi connectivity index (χ1n) is 6.01. The third-order valence-electron chi connectivity index (χ3n) is 2.57. The highest BCUT2D eigenvalue weighted by Crippen LogP contribution is 2.10. The highest BCUT2D eigenvalue weighted by molar-refractivity contribution is 7.09. The van der Waals surface area contributed by atoms with Gasteiger partial charge < -0.3 is 10.4 Å². The van der Waals surface area contributed by atoms with Crippen molar-refractivity contribution in [3.05, 3.63) is 22.2 Å². The summed E-state index contributed by atoms with van der Waals surface area (Å²) in [6.45, 7) is 5.65. The Bertz CT molecular complexity index is 480. The van der Waals surface area contributed by atoms with E-state index in [9.17, 15) is 9.59 Å². The zero-order valence-corrected chi connectivity index (χ0v) is 12.0. The molecule has 0 spiro atoms. The van der Waals surface area contributed by atoms with Gasteiger partial charge in [0.25, 0.3) is 0 Å². The first-order chi connectivity index (χ1) is 8.88. The van der Waals surface area contributed by atoms with E-state index in [1.165, 1.54) is 17.4 Å². The van der Waals surface area contributed by atoms with Gasteiger partial charge in [-0.15, -0.1) is 11.3 Å². The molecule has 2 N–H and O–H groups in total. The SMILES string of the molecule is Cc1nc(/C=C/C(=O)NC(CC(=O)O)C(C)C)cs1. The van der Waals surface area contributed by atoms with Crippen molar-refractivity contribution in [3.8, 4) is 0 Å². The van der Waals surface area contributed by atoms with Crippen LogP contribution < -0.4 is 5.32 Å². The maximum absolute atomic E-state index is 11.7. The minimum atomic E-state index is -0.918. The number of thiazole rings is 1. The molecule has 0 aliphatic heterocycles. The van der Waals surface area contributed by atoms with E-state index >= 15 is 0 Å². The van der Waals surface area contributed by atoms with E-state index in [-0.39, 0.29) is 24.3 Å². The lowest BCUT2D eigenvalue weighted by molar-refractivity contribution is -0.138. The van der Waals surface area contributed by atoms with E-state index in [0.717, 1.165) is 10.7 Å². The van der Waals surface area contributed by atoms with Crippen LogP contribution in [-0.4, -0.2) is 28.0 Å². The van der Waals surface area contributed by atoms with Crippen LogP contribution in [0.4, 0.5) is 0 Å². The molecule has 1 rings (SSSR count). The van der Waals surface area contributed by atoms with Crippen molar-refractivity contribution in [2.75, 3.05) is 0 Å². The van der Waals surface area contributed by atoms with Crippen LogP contribution >= 0.6 is 11.3 Å². The van der Waals surface area contributed by atoms with Gasteiger partial charge in [-0.05, 0) is 18.9 Å². The van der Waals surface area contributed by atoms with E-state index in [1.807, 2.05) is 26.2 Å². The van der Waals surface area contributed by atoms with Gasteiger partial charge in [-0.2, -0.15) is 0 Å². The summed E-state index contributed by atoms with van der Waals surface area (Å²) >= 11 is 1.51. The van der Waals surface area contributed by atoms with E-state index < -0.39 is 5.97 Å². The zero-order chi connectivity index (χ0) is 14.4. The fourth-order valence-electron chi connectivity index (χ4n) is 1.49. The fourth-order valence-corrected chi connectivity index (χ4v) is 2.07. The number of aromatic nitrogens is 1. The van der Waals surface area contributed by atoms with Crippen LogP contribution in [0.15, 0.2) is 11.5 Å². The highest BCUT2D eigenvalue weighted by atomic mass is 32.1. The van der Waals surface area contributed by atoms with Gasteiger partial charge in [-0.25, -0.2) is 4.98 Å². The number of nitrogens with one attached hydrogen (secondary N) is 1. The predicted octanol–water partition coefficient (Wildman–Crippen LogP) is 2.08. The third kappa shape index (κ3) is 5.65. The van der Waals surface area contributed by atoms with Crippen LogP contribution in [0.2, 0.25) is 0 Å². The second kappa shape index (κ2) is 7.04. The lowest BCUT2D eigenvalue weighted by Gasteiger charge is -2.19. The van der Waals surface area contributed by atoms with Crippen molar-refractivity contribution < 1.29 is 14.7 Å². The van der Waals surface area contributed by atoms with E-state index in [0.29, 0.717) is 0 Å². The van der Waals surface area contributed by atoms with Crippen molar-refractivity contribution in [1.82, 2.24) is 10.3 Å². The van der Waals surface area contributed by atoms with Crippen LogP contribution in [-0.2, 0) is 9.59 Å². The Hall–Kier alpha value is -1.69. The van der Waals surface area contributed by atoms with Crippen LogP contribution in [0.5, 0.6) is 0 Å². The maximum atomic E-state index is 11.7. The molecule has 0 fully saturated rings. The fraction of sp³-hybridized carbons (Fsp3) is 0.462. The molecule has 0 saturated carbocycles. The van der Waals surface area contributed by atoms with Crippen molar-refractivity contribution in [2.24, 2.45) is 5.92 Å². The first-order valence-corrected chi connectivity index (χ1v) is 6.89. The topological polar surface area (TPSA) is 79.3 Å². The van der Waals surface area contributed by atoms with Crippen molar-refractivity contribution >= 4 is 29.3 Å². The number of amides is 1. The Morgan fingerprint density at radius 1 is 1.53 bits per heavy atom. The number of nitrogens with zero attached hydrogens (tertiary/aromatic N) is 1. The molecule has 1 aromatic heterocycles. The predicted molar refractivity (Wildman–Crippen MR) is 74.9 cm³/mol. The Morgan fingerprint density at radius 2 is 2.21 bits per heavy atom. The van der Waals surface area contributed by atoms with E-state index in [4.69, 9.17) is 5.11 Å². The minimum absolute atomic E-state index is 0.0648. The normalized spacial score (nSPS) is 12.8. The number of carbonyl (C=O) groups is 2. The monoisotopic (exact) mass is 282 g/mol. The number of aryl methyl sites for hydroxylation is 1. The summed E-state index contributed by atoms with van der Waals surface area (Å²) < 4.78 is 0. The van der Waals surface area contributed by atoms with Crippen LogP contribution in [0.25, 0.3) is 6.08 Å². The van der Waals surface area contributed by atoms with Gasteiger partial charge >= 0.3 is 5.97 Å². The van der Waals surface area contributed by atoms with Crippen molar-refractivity contribution in [2.45, 2.75) is 33.2 Å². The minimum Gasteiger partial charge on any atom is -0.481 e. The summed E-state index contributed by atoms with van der Waals surface area (Å²) in [4.78, 5) is 26.6. The first kappa shape index (κ1) is 15.4. The smallest absolute Gasteiger partial charge is 0.305 e. The number of hydrogen-bond donors (Lipinski definition) is 2. The number of rotatable bonds is 6. The molecule has 0 saturated heterocycles. The molecule has 1 aromatic rings. The van der Waals surface area contributed by atoms with Gasteiger partial charge in [0, 0.05) is 17.5 Å². The average Bonchev–Trinajstić information content (AvgIpc) is 2.71. The quantitative estimate of drug-likeness (QED) is 0.783. The molecule has 1 amide bonds. The molecular formula is C13H18N2O3S. The lowest BCUT2D eigenvalue weighted by atomic mass is 10.0. The largest absolute Gasteiger partial charge is 0.481 e. The van der Waals surface area contributed by atoms with E-state index in [2.05, 4.69) is 10.3 Å². The Balaban J connectivity index is 2.57. The number of carboxylic acids is 1. The highest BCUT2D eigenvalue weighted by Gasteiger charge is 2.18. The number of carbonyl (C=O) groups excluding carboxylic acids is 1. The number of hydrogen-bond acceptors (Lipinski definition) is 4. The van der Waals surface area contributed by atoms with Gasteiger partial charge in [0.05, 0.1) is 17.1 Å². The second-order valence-electron chi connectivity index (χ2n) is 4.58. The Morgan fingerprint density at radius 3 is 2.68 bits per heavy atom. The molecule has 0 aliphatic rings. The zero-order valence-electron chi connectivity index (χ0n) is 11.2. The summed E-state index contributed by atoms with van der Waals surface area (Å²) in [5.74, 6) is -1.15. The van der Waals surface area contributed by atoms with Gasteiger partial charge in [-0.3, -0.25) is 9.59 Å². The second-order valence-corrected chi connectivity index (χ2v) is 5.64. The summed E-state index contributed by atoms with van der Waals surface area (Å²) in [5.41, 5.74) is 0.733. The Labute approximate surface area is 116 Å². The molecule has 0 aromatic carbocycles. The molecule has 1 heterocycles. The molecule has 19 heavy (non-hydrogen) atoms. The average molecular weight is 282 g/mol. The van der Waals surface area contributed by atoms with Gasteiger partial charge in [-0.1, -0.05) is 13.8 Å². The van der Waals surface area contributed by atoms with Gasteiger partial charge in [0.2, 0.25) is 5.91 Å². The molecule has 1 atom stereocenters. The van der Waals surface area contributed by atoms with Crippen molar-refractivity contribution in [1.29, 1.82) is 0 Å². The molecular weight excluding hydrogens is 264 g/mol. The van der Waals surface area contributed by atoms with Crippen LogP contribution in [0, 0.1) is 12.8 Å². The van der Waals surface area contributed by atoms with Gasteiger partial charge in [0.1, 0.15) is 0 Å². The summed E-state index contributed by atoms with van der Waals surface area (Å²) in [5, 5.41) is 14.3. The summed E-state index contributed by atoms with van der Waals surface area (Å²) in [6, 6.07) is -0.369. The molecule has 5 nitrogen and oxygen atoms in total. The Kier molecular flexibility index (Phi) is 5.69. The lowest BCUT2D eigenvalue weighted by Crippen LogP contribution is -2.39. The molecule has 0 aliphatic carbocycles. The molecule has 0 radical (unpaired) electrons. The number of aliphatic carboxylic acids is 1. The van der Waals surface area contributed by atoms with Gasteiger partial charge in [0.15, 0.2) is 0 Å². The summed E-state index contributed by atoms with van der Waals surface area (Å²) in [6.07, 6.45) is 2.93. The number of carboxylic acid groups (broad SMARTS) is 1.